The molecule has 11 heteroatoms. The summed E-state index contributed by atoms with van der Waals surface area (Å²) in [4.78, 5) is 29.9. The molecular weight excluding hydrogens is 396 g/mol. The van der Waals surface area contributed by atoms with Crippen LogP contribution in [-0.2, 0) is 0 Å². The number of hydrazone groups is 1. The Hall–Kier alpha value is -3.73. The summed E-state index contributed by atoms with van der Waals surface area (Å²) >= 11 is 1.06. The van der Waals surface area contributed by atoms with Crippen LogP contribution >= 0.6 is 11.3 Å². The van der Waals surface area contributed by atoms with E-state index in [1.165, 1.54) is 6.07 Å². The Morgan fingerprint density at radius 3 is 2.48 bits per heavy atom. The number of anilines is 1. The molecule has 2 aromatic carbocycles. The number of thiazole rings is 1. The highest BCUT2D eigenvalue weighted by Crippen LogP contribution is 2.37. The third kappa shape index (κ3) is 3.55. The van der Waals surface area contributed by atoms with Crippen LogP contribution in [0.5, 0.6) is 0 Å². The lowest BCUT2D eigenvalue weighted by Crippen LogP contribution is -2.19. The third-order valence-electron chi connectivity index (χ3n) is 4.29. The Morgan fingerprint density at radius 1 is 1.10 bits per heavy atom. The number of hydrogen-bond acceptors (Lipinski definition) is 8. The molecule has 0 saturated heterocycles. The molecule has 0 bridgehead atoms. The Labute approximate surface area is 168 Å². The van der Waals surface area contributed by atoms with Gasteiger partial charge in [-0.15, -0.1) is 0 Å². The van der Waals surface area contributed by atoms with E-state index in [1.807, 2.05) is 38.1 Å². The Bertz CT molecular complexity index is 1220. The quantitative estimate of drug-likeness (QED) is 0.451. The number of nitrogens with zero attached hydrogens (tertiary/aromatic N) is 6. The number of nitro groups is 2. The predicted molar refractivity (Wildman–Crippen MR) is 111 cm³/mol. The van der Waals surface area contributed by atoms with Gasteiger partial charge >= 0.3 is 5.69 Å². The van der Waals surface area contributed by atoms with Gasteiger partial charge in [-0.2, -0.15) is 5.10 Å². The minimum absolute atomic E-state index is 0.0856. The van der Waals surface area contributed by atoms with Gasteiger partial charge in [0.05, 0.1) is 26.3 Å². The minimum atomic E-state index is -0.673. The largest absolute Gasteiger partial charge is 0.303 e. The molecule has 2 heterocycles. The van der Waals surface area contributed by atoms with Crippen LogP contribution in [0.2, 0.25) is 0 Å². The topological polar surface area (TPSA) is 127 Å². The summed E-state index contributed by atoms with van der Waals surface area (Å²) < 4.78 is 0.336. The first-order valence-electron chi connectivity index (χ1n) is 8.53. The molecule has 1 aliphatic rings. The molecule has 0 unspecified atom stereocenters. The highest BCUT2D eigenvalue weighted by atomic mass is 32.1. The Morgan fingerprint density at radius 2 is 1.83 bits per heavy atom. The van der Waals surface area contributed by atoms with Crippen molar-refractivity contribution in [2.45, 2.75) is 20.3 Å². The molecule has 146 valence electrons. The fourth-order valence-corrected chi connectivity index (χ4v) is 3.85. The summed E-state index contributed by atoms with van der Waals surface area (Å²) in [6.45, 7) is 3.88. The average Bonchev–Trinajstić information content (AvgIpc) is 3.24. The minimum Gasteiger partial charge on any atom is -0.258 e. The number of non-ortho nitro benzene ring substituents is 2. The molecule has 0 N–H and O–H groups in total. The first-order chi connectivity index (χ1) is 13.8. The van der Waals surface area contributed by atoms with Gasteiger partial charge < -0.3 is 0 Å². The summed E-state index contributed by atoms with van der Waals surface area (Å²) in [7, 11) is 0. The van der Waals surface area contributed by atoms with Crippen LogP contribution in [0, 0.1) is 27.2 Å². The van der Waals surface area contributed by atoms with E-state index in [-0.39, 0.29) is 16.3 Å². The van der Waals surface area contributed by atoms with Crippen molar-refractivity contribution in [3.8, 4) is 0 Å². The zero-order valence-corrected chi connectivity index (χ0v) is 16.2. The van der Waals surface area contributed by atoms with Crippen molar-refractivity contribution in [3.63, 3.8) is 0 Å². The lowest BCUT2D eigenvalue weighted by atomic mass is 10.2. The van der Waals surface area contributed by atoms with E-state index in [4.69, 9.17) is 0 Å². The maximum atomic E-state index is 11.3. The molecule has 10 nitrogen and oxygen atoms in total. The second-order valence-corrected chi connectivity index (χ2v) is 7.52. The van der Waals surface area contributed by atoms with Crippen molar-refractivity contribution in [1.29, 1.82) is 0 Å². The molecule has 0 aliphatic carbocycles. The van der Waals surface area contributed by atoms with Crippen molar-refractivity contribution in [2.24, 2.45) is 10.1 Å². The molecule has 1 aliphatic heterocycles. The summed E-state index contributed by atoms with van der Waals surface area (Å²) in [6.07, 6.45) is 0.506. The van der Waals surface area contributed by atoms with E-state index < -0.39 is 15.5 Å². The number of nitro benzene ring substituents is 2. The zero-order chi connectivity index (χ0) is 20.7. The van der Waals surface area contributed by atoms with Gasteiger partial charge in [-0.1, -0.05) is 29.0 Å². The fourth-order valence-electron chi connectivity index (χ4n) is 2.94. The molecule has 0 amide bonds. The molecular formula is C18H14N6O4S. The van der Waals surface area contributed by atoms with Crippen molar-refractivity contribution < 1.29 is 9.85 Å². The van der Waals surface area contributed by atoms with E-state index in [1.54, 1.807) is 5.01 Å². The number of aliphatic imine (C=N–C) groups is 1. The van der Waals surface area contributed by atoms with E-state index in [2.05, 4.69) is 15.1 Å². The maximum Gasteiger partial charge on any atom is 0.303 e. The highest BCUT2D eigenvalue weighted by Gasteiger charge is 2.25. The number of rotatable bonds is 4. The summed E-state index contributed by atoms with van der Waals surface area (Å²) in [5.41, 5.74) is 2.15. The number of benzene rings is 2. The summed E-state index contributed by atoms with van der Waals surface area (Å²) in [5.74, 6) is 0.627. The fraction of sp³-hybridized carbons (Fsp3) is 0.167. The maximum absolute atomic E-state index is 11.3. The second kappa shape index (κ2) is 7.02. The molecule has 0 fully saturated rings. The van der Waals surface area contributed by atoms with E-state index in [0.717, 1.165) is 34.4 Å². The molecule has 29 heavy (non-hydrogen) atoms. The summed E-state index contributed by atoms with van der Waals surface area (Å²) in [6, 6.07) is 9.99. The second-order valence-electron chi connectivity index (χ2n) is 6.51. The smallest absolute Gasteiger partial charge is 0.258 e. The van der Waals surface area contributed by atoms with Crippen LogP contribution in [0.4, 0.5) is 22.2 Å². The molecule has 0 spiro atoms. The predicted octanol–water partition coefficient (Wildman–Crippen LogP) is 4.74. The van der Waals surface area contributed by atoms with Gasteiger partial charge in [0.15, 0.2) is 5.52 Å². The monoisotopic (exact) mass is 410 g/mol. The van der Waals surface area contributed by atoms with Gasteiger partial charge in [-0.05, 0) is 26.0 Å². The SMILES string of the molecule is CC1=NN(c2ccc(C)cc2)/C(=N/c2nc3c([N+](=O)[O-])cc([N+](=O)[O-])cc3s2)C1. The van der Waals surface area contributed by atoms with Crippen molar-refractivity contribution in [1.82, 2.24) is 4.98 Å². The average molecular weight is 410 g/mol. The van der Waals surface area contributed by atoms with E-state index in [0.29, 0.717) is 17.0 Å². The van der Waals surface area contributed by atoms with Gasteiger partial charge in [-0.3, -0.25) is 20.2 Å². The first-order valence-corrected chi connectivity index (χ1v) is 9.35. The van der Waals surface area contributed by atoms with Gasteiger partial charge in [0.25, 0.3) is 5.69 Å². The normalized spacial score (nSPS) is 15.2. The van der Waals surface area contributed by atoms with Crippen molar-refractivity contribution in [2.75, 3.05) is 5.01 Å². The zero-order valence-electron chi connectivity index (χ0n) is 15.4. The van der Waals surface area contributed by atoms with Crippen LogP contribution in [0.25, 0.3) is 10.2 Å². The third-order valence-corrected chi connectivity index (χ3v) is 5.18. The van der Waals surface area contributed by atoms with E-state index >= 15 is 0 Å². The summed E-state index contributed by atoms with van der Waals surface area (Å²) in [5, 5.41) is 28.9. The Kier molecular flexibility index (Phi) is 4.51. The van der Waals surface area contributed by atoms with Crippen LogP contribution in [0.1, 0.15) is 18.9 Å². The lowest BCUT2D eigenvalue weighted by molar-refractivity contribution is -0.393. The lowest BCUT2D eigenvalue weighted by Gasteiger charge is -2.15. The number of aromatic nitrogens is 1. The van der Waals surface area contributed by atoms with Gasteiger partial charge in [-0.25, -0.2) is 15.0 Å². The molecule has 0 radical (unpaired) electrons. The van der Waals surface area contributed by atoms with Gasteiger partial charge in [0, 0.05) is 18.2 Å². The first kappa shape index (κ1) is 18.6. The highest BCUT2D eigenvalue weighted by molar-refractivity contribution is 7.22. The standard InChI is InChI=1S/C18H14N6O4S/c1-10-3-5-12(6-4-10)22-16(7-11(2)21-22)19-18-20-17-14(24(27)28)8-13(23(25)26)9-15(17)29-18/h3-6,8-9H,7H2,1-2H3/b19-16+. The van der Waals surface area contributed by atoms with Crippen LogP contribution in [0.15, 0.2) is 46.5 Å². The number of amidine groups is 1. The number of hydrogen-bond donors (Lipinski definition) is 0. The molecule has 1 aromatic heterocycles. The van der Waals surface area contributed by atoms with E-state index in [9.17, 15) is 20.2 Å². The molecule has 3 aromatic rings. The molecule has 0 saturated carbocycles. The van der Waals surface area contributed by atoms with Crippen molar-refractivity contribution in [3.05, 3.63) is 62.2 Å². The van der Waals surface area contributed by atoms with Crippen molar-refractivity contribution >= 4 is 55.3 Å². The number of aryl methyl sites for hydroxylation is 1. The molecule has 0 atom stereocenters. The van der Waals surface area contributed by atoms with Gasteiger partial charge in [0.1, 0.15) is 5.84 Å². The van der Waals surface area contributed by atoms with Crippen LogP contribution in [0.3, 0.4) is 0 Å². The Balaban J connectivity index is 1.79. The van der Waals surface area contributed by atoms with Crippen LogP contribution < -0.4 is 5.01 Å². The van der Waals surface area contributed by atoms with Gasteiger partial charge in [0.2, 0.25) is 5.13 Å². The molecule has 4 rings (SSSR count). The number of fused-ring (bicyclic) bond motifs is 1. The van der Waals surface area contributed by atoms with Crippen LogP contribution in [-0.4, -0.2) is 26.4 Å².